The van der Waals surface area contributed by atoms with E-state index in [-0.39, 0.29) is 5.91 Å². The van der Waals surface area contributed by atoms with E-state index in [4.69, 9.17) is 28.9 Å². The van der Waals surface area contributed by atoms with Gasteiger partial charge in [-0.05, 0) is 19.2 Å². The minimum absolute atomic E-state index is 0.0478. The number of carbonyl (C=O) groups is 1. The molecule has 6 heteroatoms. The molecule has 1 heterocycles. The quantitative estimate of drug-likeness (QED) is 0.804. The van der Waals surface area contributed by atoms with E-state index in [1.54, 1.807) is 17.0 Å². The number of carbonyl (C=O) groups excluding carboxylic acids is 1. The summed E-state index contributed by atoms with van der Waals surface area (Å²) in [5.74, 6) is -0.0478. The van der Waals surface area contributed by atoms with E-state index in [1.165, 1.54) is 0 Å². The molecule has 0 aliphatic carbocycles. The second-order valence-corrected chi connectivity index (χ2v) is 5.24. The topological polar surface area (TPSA) is 49.6 Å². The number of piperazine rings is 1. The summed E-state index contributed by atoms with van der Waals surface area (Å²) < 4.78 is 0. The number of amides is 1. The number of nitrogen functional groups attached to an aromatic ring is 1. The van der Waals surface area contributed by atoms with E-state index in [9.17, 15) is 4.79 Å². The van der Waals surface area contributed by atoms with Crippen molar-refractivity contribution in [1.29, 1.82) is 0 Å². The van der Waals surface area contributed by atoms with Gasteiger partial charge in [0.05, 0.1) is 15.7 Å². The van der Waals surface area contributed by atoms with Crippen LogP contribution in [0.25, 0.3) is 0 Å². The molecule has 1 aromatic rings. The predicted octanol–water partition coefficient (Wildman–Crippen LogP) is 1.96. The van der Waals surface area contributed by atoms with Gasteiger partial charge >= 0.3 is 0 Å². The third-order valence-electron chi connectivity index (χ3n) is 3.09. The van der Waals surface area contributed by atoms with E-state index in [2.05, 4.69) is 4.90 Å². The highest BCUT2D eigenvalue weighted by molar-refractivity contribution is 6.43. The predicted molar refractivity (Wildman–Crippen MR) is 74.3 cm³/mol. The number of halogens is 2. The number of likely N-dealkylation sites (N-methyl/N-ethyl adjacent to an activating group) is 1. The zero-order chi connectivity index (χ0) is 13.3. The Morgan fingerprint density at radius 2 is 1.83 bits per heavy atom. The average molecular weight is 288 g/mol. The van der Waals surface area contributed by atoms with Crippen molar-refractivity contribution in [3.63, 3.8) is 0 Å². The van der Waals surface area contributed by atoms with E-state index in [0.717, 1.165) is 26.2 Å². The lowest BCUT2D eigenvalue weighted by atomic mass is 10.1. The summed E-state index contributed by atoms with van der Waals surface area (Å²) in [5, 5.41) is 0.612. The fourth-order valence-corrected chi connectivity index (χ4v) is 2.26. The highest BCUT2D eigenvalue weighted by Crippen LogP contribution is 2.29. The van der Waals surface area contributed by atoms with Crippen LogP contribution in [0.1, 0.15) is 10.4 Å². The second-order valence-electron chi connectivity index (χ2n) is 4.46. The highest BCUT2D eigenvalue weighted by atomic mass is 35.5. The van der Waals surface area contributed by atoms with Gasteiger partial charge in [0.25, 0.3) is 5.91 Å². The Bertz CT molecular complexity index is 447. The summed E-state index contributed by atoms with van der Waals surface area (Å²) in [6.07, 6.45) is 0. The number of nitrogens with two attached hydrogens (primary N) is 1. The van der Waals surface area contributed by atoms with Crippen molar-refractivity contribution >= 4 is 34.8 Å². The molecule has 4 nitrogen and oxygen atoms in total. The molecule has 18 heavy (non-hydrogen) atoms. The second kappa shape index (κ2) is 5.34. The Hall–Kier alpha value is -0.970. The Morgan fingerprint density at radius 3 is 2.39 bits per heavy atom. The minimum Gasteiger partial charge on any atom is -0.397 e. The van der Waals surface area contributed by atoms with Crippen LogP contribution in [0.5, 0.6) is 0 Å². The van der Waals surface area contributed by atoms with Crippen LogP contribution in [0, 0.1) is 0 Å². The minimum atomic E-state index is -0.0478. The zero-order valence-corrected chi connectivity index (χ0v) is 11.6. The first-order valence-electron chi connectivity index (χ1n) is 5.71. The number of anilines is 1. The summed E-state index contributed by atoms with van der Waals surface area (Å²) in [7, 11) is 2.04. The van der Waals surface area contributed by atoms with E-state index < -0.39 is 0 Å². The number of hydrogen-bond donors (Lipinski definition) is 1. The van der Waals surface area contributed by atoms with Crippen LogP contribution in [0.4, 0.5) is 5.69 Å². The van der Waals surface area contributed by atoms with Crippen LogP contribution < -0.4 is 5.73 Å². The summed E-state index contributed by atoms with van der Waals surface area (Å²) in [6, 6.07) is 3.15. The smallest absolute Gasteiger partial charge is 0.254 e. The molecular weight excluding hydrogens is 273 g/mol. The maximum absolute atomic E-state index is 12.3. The summed E-state index contributed by atoms with van der Waals surface area (Å²) in [4.78, 5) is 16.3. The van der Waals surface area contributed by atoms with Gasteiger partial charge in [-0.15, -0.1) is 0 Å². The third-order valence-corrected chi connectivity index (χ3v) is 3.91. The Kier molecular flexibility index (Phi) is 4.00. The lowest BCUT2D eigenvalue weighted by molar-refractivity contribution is 0.0664. The van der Waals surface area contributed by atoms with Crippen molar-refractivity contribution in [3.8, 4) is 0 Å². The van der Waals surface area contributed by atoms with Gasteiger partial charge in [-0.3, -0.25) is 4.79 Å². The van der Waals surface area contributed by atoms with Gasteiger partial charge in [-0.2, -0.15) is 0 Å². The number of hydrogen-bond acceptors (Lipinski definition) is 3. The lowest BCUT2D eigenvalue weighted by Gasteiger charge is -2.32. The van der Waals surface area contributed by atoms with E-state index in [0.29, 0.717) is 21.3 Å². The van der Waals surface area contributed by atoms with Crippen molar-refractivity contribution in [3.05, 3.63) is 27.7 Å². The molecule has 1 aliphatic heterocycles. The van der Waals surface area contributed by atoms with Crippen molar-refractivity contribution in [2.75, 3.05) is 39.0 Å². The SMILES string of the molecule is CN1CCN(C(=O)c2cc(N)c(Cl)c(Cl)c2)CC1. The average Bonchev–Trinajstić information content (AvgIpc) is 2.35. The Morgan fingerprint density at radius 1 is 1.22 bits per heavy atom. The molecule has 0 aromatic heterocycles. The molecule has 2 rings (SSSR count). The number of rotatable bonds is 1. The molecule has 1 aromatic carbocycles. The summed E-state index contributed by atoms with van der Waals surface area (Å²) in [6.45, 7) is 3.19. The number of benzene rings is 1. The normalized spacial score (nSPS) is 16.9. The first kappa shape index (κ1) is 13.5. The van der Waals surface area contributed by atoms with E-state index in [1.807, 2.05) is 7.05 Å². The molecule has 1 saturated heterocycles. The van der Waals surface area contributed by atoms with Crippen LogP contribution in [-0.4, -0.2) is 48.9 Å². The maximum atomic E-state index is 12.3. The highest BCUT2D eigenvalue weighted by Gasteiger charge is 2.21. The molecular formula is C12H15Cl2N3O. The first-order valence-corrected chi connectivity index (χ1v) is 6.47. The van der Waals surface area contributed by atoms with Crippen LogP contribution in [0.3, 0.4) is 0 Å². The lowest BCUT2D eigenvalue weighted by Crippen LogP contribution is -2.47. The maximum Gasteiger partial charge on any atom is 0.254 e. The van der Waals surface area contributed by atoms with Gasteiger partial charge in [0, 0.05) is 31.7 Å². The molecule has 1 amide bonds. The molecule has 2 N–H and O–H groups in total. The van der Waals surface area contributed by atoms with Crippen molar-refractivity contribution < 1.29 is 4.79 Å². The molecule has 0 atom stereocenters. The molecule has 1 fully saturated rings. The molecule has 0 spiro atoms. The van der Waals surface area contributed by atoms with Crippen molar-refractivity contribution in [1.82, 2.24) is 9.80 Å². The zero-order valence-electron chi connectivity index (χ0n) is 10.1. The molecule has 0 bridgehead atoms. The summed E-state index contributed by atoms with van der Waals surface area (Å²) >= 11 is 11.8. The number of nitrogens with zero attached hydrogens (tertiary/aromatic N) is 2. The molecule has 98 valence electrons. The Labute approximate surface area is 116 Å². The van der Waals surface area contributed by atoms with Crippen LogP contribution >= 0.6 is 23.2 Å². The van der Waals surface area contributed by atoms with Crippen molar-refractivity contribution in [2.24, 2.45) is 0 Å². The van der Waals surface area contributed by atoms with Gasteiger partial charge < -0.3 is 15.5 Å². The Balaban J connectivity index is 2.19. The fraction of sp³-hybridized carbons (Fsp3) is 0.417. The summed E-state index contributed by atoms with van der Waals surface area (Å²) in [5.41, 5.74) is 6.54. The van der Waals surface area contributed by atoms with Crippen molar-refractivity contribution in [2.45, 2.75) is 0 Å². The van der Waals surface area contributed by atoms with E-state index >= 15 is 0 Å². The molecule has 1 aliphatic rings. The largest absolute Gasteiger partial charge is 0.397 e. The monoisotopic (exact) mass is 287 g/mol. The van der Waals surface area contributed by atoms with Gasteiger partial charge in [0.1, 0.15) is 0 Å². The fourth-order valence-electron chi connectivity index (χ4n) is 1.93. The van der Waals surface area contributed by atoms with Gasteiger partial charge in [-0.25, -0.2) is 0 Å². The molecule has 0 radical (unpaired) electrons. The van der Waals surface area contributed by atoms with Crippen LogP contribution in [-0.2, 0) is 0 Å². The molecule has 0 saturated carbocycles. The van der Waals surface area contributed by atoms with Crippen LogP contribution in [0.2, 0.25) is 10.0 Å². The standard InChI is InChI=1S/C12H15Cl2N3O/c1-16-2-4-17(5-3-16)12(18)8-6-9(13)11(14)10(15)7-8/h6-7H,2-5,15H2,1H3. The van der Waals surface area contributed by atoms with Crippen LogP contribution in [0.15, 0.2) is 12.1 Å². The van der Waals surface area contributed by atoms with Gasteiger partial charge in [0.2, 0.25) is 0 Å². The van der Waals surface area contributed by atoms with Gasteiger partial charge in [0.15, 0.2) is 0 Å². The molecule has 0 unspecified atom stereocenters. The van der Waals surface area contributed by atoms with Gasteiger partial charge in [-0.1, -0.05) is 23.2 Å². The third kappa shape index (κ3) is 2.71. The first-order chi connectivity index (χ1) is 8.49.